The summed E-state index contributed by atoms with van der Waals surface area (Å²) in [5.41, 5.74) is 0.793. The number of hydrogen-bond acceptors (Lipinski definition) is 7. The lowest BCUT2D eigenvalue weighted by atomic mass is 10.1. The van der Waals surface area contributed by atoms with Crippen molar-refractivity contribution in [3.8, 4) is 5.75 Å². The van der Waals surface area contributed by atoms with Gasteiger partial charge in [-0.2, -0.15) is 0 Å². The molecular formula is C20H19N3O7. The number of methoxy groups -OCH3 is 1. The summed E-state index contributed by atoms with van der Waals surface area (Å²) < 4.78 is 10.3. The minimum atomic E-state index is -0.699. The number of esters is 1. The summed E-state index contributed by atoms with van der Waals surface area (Å²) in [6.45, 7) is -0.406. The Balaban J connectivity index is 1.53. The SMILES string of the molecule is COc1ccccc1N1C[C@@H](C(=O)OCC(=O)Nc2ccc([N+](=O)[O-])cc2)CC1=O. The Kier molecular flexibility index (Phi) is 6.26. The molecule has 0 radical (unpaired) electrons. The van der Waals surface area contributed by atoms with Gasteiger partial charge in [0.25, 0.3) is 11.6 Å². The number of benzene rings is 2. The van der Waals surface area contributed by atoms with Gasteiger partial charge in [-0.15, -0.1) is 0 Å². The number of nitro benzene ring substituents is 1. The third-order valence-corrected chi connectivity index (χ3v) is 4.54. The minimum absolute atomic E-state index is 0.0269. The van der Waals surface area contributed by atoms with Crippen molar-refractivity contribution in [2.45, 2.75) is 6.42 Å². The molecule has 0 aliphatic carbocycles. The molecule has 0 bridgehead atoms. The molecule has 1 saturated heterocycles. The molecule has 1 aliphatic heterocycles. The number of carbonyl (C=O) groups excluding carboxylic acids is 3. The van der Waals surface area contributed by atoms with Crippen molar-refractivity contribution >= 4 is 34.8 Å². The largest absolute Gasteiger partial charge is 0.495 e. The number of carbonyl (C=O) groups is 3. The molecule has 1 heterocycles. The summed E-state index contributed by atoms with van der Waals surface area (Å²) in [6, 6.07) is 12.2. The molecule has 2 aromatic carbocycles. The van der Waals surface area contributed by atoms with Gasteiger partial charge in [-0.1, -0.05) is 12.1 Å². The maximum atomic E-state index is 12.3. The van der Waals surface area contributed by atoms with Crippen molar-refractivity contribution in [3.63, 3.8) is 0 Å². The number of non-ortho nitro benzene ring substituents is 1. The highest BCUT2D eigenvalue weighted by Gasteiger charge is 2.37. The molecule has 10 heteroatoms. The first-order valence-corrected chi connectivity index (χ1v) is 9.03. The number of nitro groups is 1. The van der Waals surface area contributed by atoms with Crippen LogP contribution in [0.25, 0.3) is 0 Å². The van der Waals surface area contributed by atoms with Gasteiger partial charge < -0.3 is 19.7 Å². The monoisotopic (exact) mass is 413 g/mol. The van der Waals surface area contributed by atoms with E-state index in [-0.39, 0.29) is 24.6 Å². The van der Waals surface area contributed by atoms with Crippen molar-refractivity contribution in [3.05, 3.63) is 58.6 Å². The van der Waals surface area contributed by atoms with Crippen LogP contribution in [0.1, 0.15) is 6.42 Å². The number of nitrogens with zero attached hydrogens (tertiary/aromatic N) is 2. The van der Waals surface area contributed by atoms with E-state index in [1.54, 1.807) is 24.3 Å². The molecule has 0 spiro atoms. The standard InChI is InChI=1S/C20H19N3O7/c1-29-17-5-3-2-4-16(17)22-11-13(10-19(22)25)20(26)30-12-18(24)21-14-6-8-15(9-7-14)23(27)28/h2-9,13H,10-12H2,1H3,(H,21,24)/t13-/m0/s1. The second kappa shape index (κ2) is 9.03. The van der Waals surface area contributed by atoms with Crippen LogP contribution in [0.5, 0.6) is 5.75 Å². The number of amides is 2. The Hall–Kier alpha value is -3.95. The van der Waals surface area contributed by atoms with Crippen molar-refractivity contribution in [1.82, 2.24) is 0 Å². The van der Waals surface area contributed by atoms with Gasteiger partial charge in [0, 0.05) is 30.8 Å². The minimum Gasteiger partial charge on any atom is -0.495 e. The molecule has 10 nitrogen and oxygen atoms in total. The Morgan fingerprint density at radius 3 is 2.57 bits per heavy atom. The molecule has 156 valence electrons. The topological polar surface area (TPSA) is 128 Å². The predicted octanol–water partition coefficient (Wildman–Crippen LogP) is 2.14. The van der Waals surface area contributed by atoms with E-state index in [1.165, 1.54) is 36.3 Å². The Labute approximate surface area is 171 Å². The maximum Gasteiger partial charge on any atom is 0.311 e. The highest BCUT2D eigenvalue weighted by Crippen LogP contribution is 2.33. The third-order valence-electron chi connectivity index (χ3n) is 4.54. The Bertz CT molecular complexity index is 975. The van der Waals surface area contributed by atoms with E-state index in [9.17, 15) is 24.5 Å². The van der Waals surface area contributed by atoms with Gasteiger partial charge >= 0.3 is 5.97 Å². The number of rotatable bonds is 7. The summed E-state index contributed by atoms with van der Waals surface area (Å²) in [7, 11) is 1.49. The zero-order chi connectivity index (χ0) is 21.7. The lowest BCUT2D eigenvalue weighted by Gasteiger charge is -2.19. The van der Waals surface area contributed by atoms with Crippen molar-refractivity contribution in [2.24, 2.45) is 5.92 Å². The first-order valence-electron chi connectivity index (χ1n) is 9.03. The van der Waals surface area contributed by atoms with Crippen molar-refractivity contribution < 1.29 is 28.8 Å². The van der Waals surface area contributed by atoms with Gasteiger partial charge in [0.1, 0.15) is 5.75 Å². The molecule has 1 fully saturated rings. The van der Waals surface area contributed by atoms with Gasteiger partial charge in [0.15, 0.2) is 6.61 Å². The van der Waals surface area contributed by atoms with Crippen LogP contribution in [0.3, 0.4) is 0 Å². The summed E-state index contributed by atoms with van der Waals surface area (Å²) in [6.07, 6.45) is -0.0269. The highest BCUT2D eigenvalue weighted by atomic mass is 16.6. The van der Waals surface area contributed by atoms with Crippen LogP contribution in [-0.4, -0.2) is 43.0 Å². The zero-order valence-electron chi connectivity index (χ0n) is 16.1. The average molecular weight is 413 g/mol. The van der Waals surface area contributed by atoms with Crippen LogP contribution in [0.15, 0.2) is 48.5 Å². The van der Waals surface area contributed by atoms with E-state index >= 15 is 0 Å². The number of anilines is 2. The molecule has 2 amide bonds. The zero-order valence-corrected chi connectivity index (χ0v) is 16.1. The van der Waals surface area contributed by atoms with Crippen LogP contribution < -0.4 is 15.0 Å². The summed E-state index contributed by atoms with van der Waals surface area (Å²) in [4.78, 5) is 48.2. The van der Waals surface area contributed by atoms with Gasteiger partial charge in [0.05, 0.1) is 23.6 Å². The van der Waals surface area contributed by atoms with Crippen LogP contribution in [0.2, 0.25) is 0 Å². The van der Waals surface area contributed by atoms with Gasteiger partial charge in [0.2, 0.25) is 5.91 Å². The smallest absolute Gasteiger partial charge is 0.311 e. The molecular weight excluding hydrogens is 394 g/mol. The van der Waals surface area contributed by atoms with Crippen LogP contribution in [-0.2, 0) is 19.1 Å². The van der Waals surface area contributed by atoms with E-state index in [0.29, 0.717) is 17.1 Å². The number of hydrogen-bond donors (Lipinski definition) is 1. The van der Waals surface area contributed by atoms with Crippen LogP contribution in [0.4, 0.5) is 17.1 Å². The maximum absolute atomic E-state index is 12.3. The molecule has 1 aliphatic rings. The van der Waals surface area contributed by atoms with E-state index < -0.39 is 29.3 Å². The van der Waals surface area contributed by atoms with Gasteiger partial charge in [-0.3, -0.25) is 24.5 Å². The Morgan fingerprint density at radius 2 is 1.90 bits per heavy atom. The van der Waals surface area contributed by atoms with Crippen molar-refractivity contribution in [1.29, 1.82) is 0 Å². The van der Waals surface area contributed by atoms with E-state index in [2.05, 4.69) is 5.32 Å². The first kappa shape index (κ1) is 20.8. The molecule has 1 N–H and O–H groups in total. The Morgan fingerprint density at radius 1 is 1.20 bits per heavy atom. The molecule has 30 heavy (non-hydrogen) atoms. The number of ether oxygens (including phenoxy) is 2. The van der Waals surface area contributed by atoms with Gasteiger partial charge in [-0.05, 0) is 24.3 Å². The van der Waals surface area contributed by atoms with Crippen LogP contribution >= 0.6 is 0 Å². The lowest BCUT2D eigenvalue weighted by Crippen LogP contribution is -2.28. The molecule has 0 aromatic heterocycles. The molecule has 0 unspecified atom stereocenters. The van der Waals surface area contributed by atoms with Crippen LogP contribution in [0, 0.1) is 16.0 Å². The fraction of sp³-hybridized carbons (Fsp3) is 0.250. The number of para-hydroxylation sites is 2. The average Bonchev–Trinajstić information content (AvgIpc) is 3.14. The summed E-state index contributed by atoms with van der Waals surface area (Å²) in [5.74, 6) is -1.67. The third kappa shape index (κ3) is 4.72. The first-order chi connectivity index (χ1) is 14.4. The second-order valence-corrected chi connectivity index (χ2v) is 6.54. The fourth-order valence-electron chi connectivity index (χ4n) is 3.07. The quantitative estimate of drug-likeness (QED) is 0.418. The van der Waals surface area contributed by atoms with E-state index in [1.807, 2.05) is 0 Å². The van der Waals surface area contributed by atoms with Crippen molar-refractivity contribution in [2.75, 3.05) is 30.5 Å². The second-order valence-electron chi connectivity index (χ2n) is 6.54. The van der Waals surface area contributed by atoms with E-state index in [0.717, 1.165) is 0 Å². The molecule has 3 rings (SSSR count). The molecule has 0 saturated carbocycles. The molecule has 1 atom stereocenters. The summed E-state index contributed by atoms with van der Waals surface area (Å²) >= 11 is 0. The lowest BCUT2D eigenvalue weighted by molar-refractivity contribution is -0.384. The normalized spacial score (nSPS) is 15.6. The van der Waals surface area contributed by atoms with Gasteiger partial charge in [-0.25, -0.2) is 0 Å². The molecule has 2 aromatic rings. The predicted molar refractivity (Wildman–Crippen MR) is 106 cm³/mol. The number of nitrogens with one attached hydrogen (secondary N) is 1. The van der Waals surface area contributed by atoms with E-state index in [4.69, 9.17) is 9.47 Å². The highest BCUT2D eigenvalue weighted by molar-refractivity contribution is 6.01. The fourth-order valence-corrected chi connectivity index (χ4v) is 3.07. The summed E-state index contributed by atoms with van der Waals surface area (Å²) in [5, 5.41) is 13.1.